The van der Waals surface area contributed by atoms with Crippen LogP contribution in [-0.2, 0) is 4.74 Å². The van der Waals surface area contributed by atoms with Crippen molar-refractivity contribution in [1.29, 1.82) is 0 Å². The lowest BCUT2D eigenvalue weighted by Gasteiger charge is -2.12. The minimum atomic E-state index is -0.520. The summed E-state index contributed by atoms with van der Waals surface area (Å²) in [4.78, 5) is 15.6. The second-order valence-corrected chi connectivity index (χ2v) is 3.95. The molecule has 1 aromatic heterocycles. The molecule has 104 valence electrons. The molecule has 0 fully saturated rings. The number of aromatic nitrogens is 1. The number of carbonyl (C=O) groups excluding carboxylic acids is 1. The van der Waals surface area contributed by atoms with E-state index in [1.54, 1.807) is 13.2 Å². The zero-order chi connectivity index (χ0) is 14.5. The fraction of sp³-hybridized carbons (Fsp3) is 0.143. The van der Waals surface area contributed by atoms with Gasteiger partial charge in [0, 0.05) is 0 Å². The van der Waals surface area contributed by atoms with Crippen LogP contribution < -0.4 is 15.8 Å². The number of pyridine rings is 1. The Kier molecular flexibility index (Phi) is 4.05. The number of para-hydroxylation sites is 2. The van der Waals surface area contributed by atoms with E-state index in [9.17, 15) is 4.79 Å². The van der Waals surface area contributed by atoms with E-state index >= 15 is 0 Å². The van der Waals surface area contributed by atoms with Crippen LogP contribution in [0.5, 0.6) is 5.75 Å². The fourth-order valence-corrected chi connectivity index (χ4v) is 1.66. The average molecular weight is 273 g/mol. The maximum atomic E-state index is 11.5. The van der Waals surface area contributed by atoms with E-state index in [4.69, 9.17) is 10.5 Å². The van der Waals surface area contributed by atoms with Crippen LogP contribution in [0, 0.1) is 0 Å². The van der Waals surface area contributed by atoms with Gasteiger partial charge in [0.2, 0.25) is 0 Å². The van der Waals surface area contributed by atoms with Gasteiger partial charge in [0.15, 0.2) is 11.5 Å². The molecule has 6 nitrogen and oxygen atoms in total. The molecule has 2 rings (SSSR count). The van der Waals surface area contributed by atoms with Crippen molar-refractivity contribution in [2.75, 3.05) is 25.3 Å². The first kappa shape index (κ1) is 13.7. The highest BCUT2D eigenvalue weighted by molar-refractivity contribution is 5.89. The zero-order valence-corrected chi connectivity index (χ0v) is 11.2. The number of ether oxygens (including phenoxy) is 2. The number of nitrogens with zero attached hydrogens (tertiary/aromatic N) is 1. The topological polar surface area (TPSA) is 86.5 Å². The maximum absolute atomic E-state index is 11.5. The molecule has 0 saturated carbocycles. The molecular weight excluding hydrogens is 258 g/mol. The number of nitrogens with one attached hydrogen (secondary N) is 1. The van der Waals surface area contributed by atoms with Crippen LogP contribution in [0.4, 0.5) is 17.2 Å². The second kappa shape index (κ2) is 5.92. The lowest BCUT2D eigenvalue weighted by molar-refractivity contribution is 0.0594. The Morgan fingerprint density at radius 3 is 2.65 bits per heavy atom. The van der Waals surface area contributed by atoms with Gasteiger partial charge in [-0.05, 0) is 24.3 Å². The van der Waals surface area contributed by atoms with Gasteiger partial charge in [-0.25, -0.2) is 9.78 Å². The summed E-state index contributed by atoms with van der Waals surface area (Å²) in [6, 6.07) is 10.4. The predicted molar refractivity (Wildman–Crippen MR) is 76.3 cm³/mol. The Morgan fingerprint density at radius 2 is 1.95 bits per heavy atom. The maximum Gasteiger partial charge on any atom is 0.356 e. The summed E-state index contributed by atoms with van der Waals surface area (Å²) in [6.45, 7) is 0. The lowest BCUT2D eigenvalue weighted by Crippen LogP contribution is -2.08. The molecule has 3 N–H and O–H groups in total. The summed E-state index contributed by atoms with van der Waals surface area (Å²) in [5.41, 5.74) is 7.16. The molecule has 1 aromatic carbocycles. The number of esters is 1. The molecule has 20 heavy (non-hydrogen) atoms. The Bertz CT molecular complexity index is 629. The standard InChI is InChI=1S/C14H15N3O3/c1-19-12-6-4-3-5-10(12)16-13-9(15)7-8-11(17-13)14(18)20-2/h3-8H,15H2,1-2H3,(H,16,17). The fourth-order valence-electron chi connectivity index (χ4n) is 1.66. The molecular formula is C14H15N3O3. The molecule has 0 aliphatic rings. The number of hydrogen-bond donors (Lipinski definition) is 2. The first-order valence-electron chi connectivity index (χ1n) is 5.90. The lowest BCUT2D eigenvalue weighted by atomic mass is 10.2. The normalized spacial score (nSPS) is 9.90. The first-order valence-corrected chi connectivity index (χ1v) is 5.90. The number of rotatable bonds is 4. The van der Waals surface area contributed by atoms with Gasteiger partial charge in [0.1, 0.15) is 5.75 Å². The van der Waals surface area contributed by atoms with Gasteiger partial charge < -0.3 is 20.5 Å². The summed E-state index contributed by atoms with van der Waals surface area (Å²) in [5.74, 6) is 0.502. The number of anilines is 3. The zero-order valence-electron chi connectivity index (χ0n) is 11.2. The van der Waals surface area contributed by atoms with Crippen LogP contribution in [0.2, 0.25) is 0 Å². The predicted octanol–water partition coefficient (Wildman–Crippen LogP) is 2.20. The molecule has 0 radical (unpaired) electrons. The van der Waals surface area contributed by atoms with Gasteiger partial charge in [-0.1, -0.05) is 12.1 Å². The summed E-state index contributed by atoms with van der Waals surface area (Å²) in [5, 5.41) is 3.04. The van der Waals surface area contributed by atoms with Gasteiger partial charge >= 0.3 is 5.97 Å². The number of nitrogens with two attached hydrogens (primary N) is 1. The van der Waals surface area contributed by atoms with E-state index < -0.39 is 5.97 Å². The van der Waals surface area contributed by atoms with E-state index in [-0.39, 0.29) is 5.69 Å². The van der Waals surface area contributed by atoms with Crippen LogP contribution >= 0.6 is 0 Å². The van der Waals surface area contributed by atoms with Gasteiger partial charge in [0.25, 0.3) is 0 Å². The molecule has 0 spiro atoms. The molecule has 0 amide bonds. The molecule has 0 unspecified atom stereocenters. The van der Waals surface area contributed by atoms with Crippen LogP contribution in [0.15, 0.2) is 36.4 Å². The molecule has 2 aromatic rings. The number of methoxy groups -OCH3 is 2. The smallest absolute Gasteiger partial charge is 0.356 e. The summed E-state index contributed by atoms with van der Waals surface area (Å²) in [6.07, 6.45) is 0. The molecule has 0 bridgehead atoms. The second-order valence-electron chi connectivity index (χ2n) is 3.95. The molecule has 1 heterocycles. The number of nitrogen functional groups attached to an aromatic ring is 1. The average Bonchev–Trinajstić information content (AvgIpc) is 2.49. The minimum absolute atomic E-state index is 0.180. The third-order valence-corrected chi connectivity index (χ3v) is 2.68. The van der Waals surface area contributed by atoms with Crippen molar-refractivity contribution < 1.29 is 14.3 Å². The van der Waals surface area contributed by atoms with Gasteiger partial charge in [0.05, 0.1) is 25.6 Å². The van der Waals surface area contributed by atoms with Gasteiger partial charge in [-0.15, -0.1) is 0 Å². The van der Waals surface area contributed by atoms with Crippen LogP contribution in [0.3, 0.4) is 0 Å². The quantitative estimate of drug-likeness (QED) is 0.830. The number of carbonyl (C=O) groups is 1. The van der Waals surface area contributed by atoms with Crippen LogP contribution in [-0.4, -0.2) is 25.2 Å². The first-order chi connectivity index (χ1) is 9.65. The molecule has 0 atom stereocenters. The summed E-state index contributed by atoms with van der Waals surface area (Å²) in [7, 11) is 2.87. The SMILES string of the molecule is COC(=O)c1ccc(N)c(Nc2ccccc2OC)n1. The molecule has 0 aliphatic carbocycles. The van der Waals surface area contributed by atoms with Crippen molar-refractivity contribution in [2.45, 2.75) is 0 Å². The third kappa shape index (κ3) is 2.80. The van der Waals surface area contributed by atoms with Gasteiger partial charge in [-0.2, -0.15) is 0 Å². The van der Waals surface area contributed by atoms with Crippen molar-refractivity contribution in [3.05, 3.63) is 42.1 Å². The van der Waals surface area contributed by atoms with Crippen molar-refractivity contribution in [3.8, 4) is 5.75 Å². The Balaban J connectivity index is 2.35. The van der Waals surface area contributed by atoms with Crippen molar-refractivity contribution in [2.24, 2.45) is 0 Å². The van der Waals surface area contributed by atoms with Crippen molar-refractivity contribution in [3.63, 3.8) is 0 Å². The minimum Gasteiger partial charge on any atom is -0.495 e. The van der Waals surface area contributed by atoms with Crippen LogP contribution in [0.25, 0.3) is 0 Å². The Hall–Kier alpha value is -2.76. The summed E-state index contributed by atoms with van der Waals surface area (Å²) >= 11 is 0. The van der Waals surface area contributed by atoms with E-state index in [0.29, 0.717) is 22.9 Å². The van der Waals surface area contributed by atoms with Crippen LogP contribution in [0.1, 0.15) is 10.5 Å². The van der Waals surface area contributed by atoms with Crippen molar-refractivity contribution >= 4 is 23.2 Å². The highest BCUT2D eigenvalue weighted by Crippen LogP contribution is 2.28. The largest absolute Gasteiger partial charge is 0.495 e. The Labute approximate surface area is 116 Å². The highest BCUT2D eigenvalue weighted by atomic mass is 16.5. The highest BCUT2D eigenvalue weighted by Gasteiger charge is 2.11. The number of benzene rings is 1. The Morgan fingerprint density at radius 1 is 1.20 bits per heavy atom. The van der Waals surface area contributed by atoms with E-state index in [1.165, 1.54) is 13.2 Å². The van der Waals surface area contributed by atoms with E-state index in [2.05, 4.69) is 15.0 Å². The summed E-state index contributed by atoms with van der Waals surface area (Å²) < 4.78 is 9.87. The monoisotopic (exact) mass is 273 g/mol. The van der Waals surface area contributed by atoms with E-state index in [0.717, 1.165) is 0 Å². The van der Waals surface area contributed by atoms with Gasteiger partial charge in [-0.3, -0.25) is 0 Å². The molecule has 0 aliphatic heterocycles. The van der Waals surface area contributed by atoms with Crippen molar-refractivity contribution in [1.82, 2.24) is 4.98 Å². The number of hydrogen-bond acceptors (Lipinski definition) is 6. The van der Waals surface area contributed by atoms with E-state index in [1.807, 2.05) is 24.3 Å². The molecule has 0 saturated heterocycles. The molecule has 6 heteroatoms. The third-order valence-electron chi connectivity index (χ3n) is 2.68.